The van der Waals surface area contributed by atoms with E-state index in [2.05, 4.69) is 25.7 Å². The fourth-order valence-corrected chi connectivity index (χ4v) is 3.49. The molecule has 0 bridgehead atoms. The largest absolute Gasteiger partial charge is 0.480 e. The number of carbonyl (C=O) groups excluding carboxylic acids is 1. The summed E-state index contributed by atoms with van der Waals surface area (Å²) in [5.41, 5.74) is 1.26. The van der Waals surface area contributed by atoms with E-state index >= 15 is 0 Å². The molecule has 1 saturated carbocycles. The lowest BCUT2D eigenvalue weighted by Gasteiger charge is -2.34. The van der Waals surface area contributed by atoms with Gasteiger partial charge >= 0.3 is 0 Å². The number of fused-ring (bicyclic) bond motifs is 1. The van der Waals surface area contributed by atoms with E-state index in [1.807, 2.05) is 0 Å². The van der Waals surface area contributed by atoms with Crippen LogP contribution in [0, 0.1) is 5.92 Å². The van der Waals surface area contributed by atoms with Crippen molar-refractivity contribution in [1.82, 2.24) is 19.6 Å². The number of carbonyl (C=O) groups is 1. The summed E-state index contributed by atoms with van der Waals surface area (Å²) >= 11 is 0. The first-order valence-corrected chi connectivity index (χ1v) is 9.14. The predicted octanol–water partition coefficient (Wildman–Crippen LogP) is 3.54. The molecule has 3 heterocycles. The molecule has 0 radical (unpaired) electrons. The molecule has 0 unspecified atom stereocenters. The molecule has 2 N–H and O–H groups in total. The van der Waals surface area contributed by atoms with Crippen molar-refractivity contribution in [2.75, 3.05) is 24.8 Å². The number of alkyl halides is 2. The molecule has 3 aromatic rings. The molecule has 152 valence electrons. The summed E-state index contributed by atoms with van der Waals surface area (Å²) < 4.78 is 32.9. The molecule has 0 saturated heterocycles. The quantitative estimate of drug-likeness (QED) is 0.584. The Hall–Kier alpha value is -3.30. The zero-order valence-electron chi connectivity index (χ0n) is 15.9. The number of aromatic nitrogens is 4. The van der Waals surface area contributed by atoms with Gasteiger partial charge in [0.2, 0.25) is 11.8 Å². The second kappa shape index (κ2) is 7.26. The van der Waals surface area contributed by atoms with Crippen LogP contribution in [-0.4, -0.2) is 45.4 Å². The van der Waals surface area contributed by atoms with Gasteiger partial charge in [0.05, 0.1) is 18.9 Å². The zero-order chi connectivity index (χ0) is 20.6. The van der Waals surface area contributed by atoms with E-state index in [0.717, 1.165) is 0 Å². The van der Waals surface area contributed by atoms with Gasteiger partial charge in [-0.2, -0.15) is 9.61 Å². The first kappa shape index (κ1) is 19.0. The van der Waals surface area contributed by atoms with E-state index in [4.69, 9.17) is 4.74 Å². The van der Waals surface area contributed by atoms with Crippen molar-refractivity contribution in [1.29, 1.82) is 0 Å². The molecule has 0 aromatic carbocycles. The molecular formula is C19H20F2N6O2. The number of hydrogen-bond donors (Lipinski definition) is 2. The maximum absolute atomic E-state index is 13.1. The van der Waals surface area contributed by atoms with Crippen LogP contribution in [0.2, 0.25) is 0 Å². The smallest absolute Gasteiger partial charge is 0.248 e. The van der Waals surface area contributed by atoms with Gasteiger partial charge in [0.1, 0.15) is 17.3 Å². The molecule has 10 heteroatoms. The van der Waals surface area contributed by atoms with E-state index in [1.165, 1.54) is 17.8 Å². The molecule has 1 aliphatic carbocycles. The maximum Gasteiger partial charge on any atom is 0.248 e. The lowest BCUT2D eigenvalue weighted by Crippen LogP contribution is -2.36. The second-order valence-corrected chi connectivity index (χ2v) is 7.01. The van der Waals surface area contributed by atoms with Gasteiger partial charge < -0.3 is 15.4 Å². The minimum atomic E-state index is -2.65. The van der Waals surface area contributed by atoms with Crippen molar-refractivity contribution in [2.45, 2.75) is 25.2 Å². The molecule has 3 aromatic heterocycles. The Morgan fingerprint density at radius 1 is 1.41 bits per heavy atom. The van der Waals surface area contributed by atoms with Gasteiger partial charge in [0, 0.05) is 38.6 Å². The van der Waals surface area contributed by atoms with Crippen LogP contribution in [0.3, 0.4) is 0 Å². The third-order valence-corrected chi connectivity index (χ3v) is 4.90. The van der Waals surface area contributed by atoms with Gasteiger partial charge in [-0.15, -0.1) is 0 Å². The van der Waals surface area contributed by atoms with Crippen LogP contribution in [0.5, 0.6) is 5.88 Å². The molecular weight excluding hydrogens is 382 g/mol. The van der Waals surface area contributed by atoms with E-state index in [1.54, 1.807) is 31.4 Å². The van der Waals surface area contributed by atoms with Crippen LogP contribution in [-0.2, 0) is 0 Å². The number of halogens is 2. The number of Topliss-reactive ketones (excluding diaryl/α,β-unsaturated/α-hetero) is 1. The fraction of sp³-hybridized carbons (Fsp3) is 0.368. The third kappa shape index (κ3) is 3.69. The van der Waals surface area contributed by atoms with E-state index in [0.29, 0.717) is 34.4 Å². The first-order chi connectivity index (χ1) is 13.9. The number of anilines is 3. The van der Waals surface area contributed by atoms with E-state index < -0.39 is 5.92 Å². The number of ketones is 1. The van der Waals surface area contributed by atoms with Gasteiger partial charge in [-0.05, 0) is 18.1 Å². The predicted molar refractivity (Wildman–Crippen MR) is 103 cm³/mol. The Labute approximate surface area is 165 Å². The maximum atomic E-state index is 13.1. The molecule has 8 nitrogen and oxygen atoms in total. The fourth-order valence-electron chi connectivity index (χ4n) is 3.49. The highest BCUT2D eigenvalue weighted by Crippen LogP contribution is 2.44. The van der Waals surface area contributed by atoms with Crippen LogP contribution in [0.15, 0.2) is 30.6 Å². The van der Waals surface area contributed by atoms with Crippen molar-refractivity contribution in [3.05, 3.63) is 36.2 Å². The van der Waals surface area contributed by atoms with Crippen molar-refractivity contribution >= 4 is 28.8 Å². The zero-order valence-corrected chi connectivity index (χ0v) is 15.9. The highest BCUT2D eigenvalue weighted by molar-refractivity contribution is 6.01. The Morgan fingerprint density at radius 2 is 2.21 bits per heavy atom. The van der Waals surface area contributed by atoms with E-state index in [-0.39, 0.29) is 31.0 Å². The van der Waals surface area contributed by atoms with Crippen LogP contribution < -0.4 is 15.4 Å². The van der Waals surface area contributed by atoms with Crippen LogP contribution in [0.4, 0.5) is 26.1 Å². The Morgan fingerprint density at radius 3 is 2.90 bits per heavy atom. The average Bonchev–Trinajstić information content (AvgIpc) is 3.10. The van der Waals surface area contributed by atoms with Crippen molar-refractivity contribution < 1.29 is 18.3 Å². The topological polar surface area (TPSA) is 93.4 Å². The molecule has 1 fully saturated rings. The Bertz CT molecular complexity index is 1060. The summed E-state index contributed by atoms with van der Waals surface area (Å²) in [5, 5.41) is 10.4. The Kier molecular flexibility index (Phi) is 4.77. The summed E-state index contributed by atoms with van der Waals surface area (Å²) in [5.74, 6) is -1.74. The number of methoxy groups -OCH3 is 1. The van der Waals surface area contributed by atoms with Crippen LogP contribution >= 0.6 is 0 Å². The summed E-state index contributed by atoms with van der Waals surface area (Å²) in [4.78, 5) is 21.3. The molecule has 1 aliphatic rings. The van der Waals surface area contributed by atoms with E-state index in [9.17, 15) is 13.6 Å². The Balaban J connectivity index is 1.65. The monoisotopic (exact) mass is 402 g/mol. The van der Waals surface area contributed by atoms with Crippen LogP contribution in [0.25, 0.3) is 5.65 Å². The van der Waals surface area contributed by atoms with Crippen molar-refractivity contribution in [3.63, 3.8) is 0 Å². The second-order valence-electron chi connectivity index (χ2n) is 7.01. The van der Waals surface area contributed by atoms with Crippen LogP contribution in [0.1, 0.15) is 29.6 Å². The summed E-state index contributed by atoms with van der Waals surface area (Å²) in [6.45, 7) is 0. The summed E-state index contributed by atoms with van der Waals surface area (Å²) in [6.07, 6.45) is 2.59. The van der Waals surface area contributed by atoms with Crippen molar-refractivity contribution in [2.24, 2.45) is 5.92 Å². The number of ether oxygens (including phenoxy) is 1. The highest BCUT2D eigenvalue weighted by Gasteiger charge is 2.45. The minimum absolute atomic E-state index is 0.0571. The molecule has 0 aliphatic heterocycles. The minimum Gasteiger partial charge on any atom is -0.480 e. The lowest BCUT2D eigenvalue weighted by atomic mass is 9.78. The molecule has 0 atom stereocenters. The highest BCUT2D eigenvalue weighted by atomic mass is 19.3. The van der Waals surface area contributed by atoms with Crippen molar-refractivity contribution in [3.8, 4) is 5.88 Å². The van der Waals surface area contributed by atoms with Gasteiger partial charge in [-0.3, -0.25) is 4.79 Å². The average molecular weight is 402 g/mol. The molecule has 29 heavy (non-hydrogen) atoms. The number of nitrogens with zero attached hydrogens (tertiary/aromatic N) is 4. The number of rotatable bonds is 7. The molecule has 0 amide bonds. The SMILES string of the molecule is CNc1cc(Nc2cccnc2OC)nc2c(C(=O)CC3CC(F)(F)C3)cnn12. The molecule has 0 spiro atoms. The molecule has 4 rings (SSSR count). The standard InChI is InChI=1S/C19H20F2N6O2/c1-22-16-7-15(25-13-4-3-5-23-18(13)29-2)26-17-12(10-24-27(16)17)14(28)6-11-8-19(20,21)9-11/h3-5,7,10-11,22H,6,8-9H2,1-2H3,(H,25,26). The number of pyridine rings is 1. The van der Waals surface area contributed by atoms with Gasteiger partial charge in [0.25, 0.3) is 0 Å². The van der Waals surface area contributed by atoms with Gasteiger partial charge in [-0.25, -0.2) is 18.7 Å². The van der Waals surface area contributed by atoms with Gasteiger partial charge in [0.15, 0.2) is 11.4 Å². The van der Waals surface area contributed by atoms with Gasteiger partial charge in [-0.1, -0.05) is 0 Å². The third-order valence-electron chi connectivity index (χ3n) is 4.90. The number of hydrogen-bond acceptors (Lipinski definition) is 7. The summed E-state index contributed by atoms with van der Waals surface area (Å²) in [6, 6.07) is 5.27. The first-order valence-electron chi connectivity index (χ1n) is 9.14. The lowest BCUT2D eigenvalue weighted by molar-refractivity contribution is -0.109. The summed E-state index contributed by atoms with van der Waals surface area (Å²) in [7, 11) is 3.24. The number of nitrogens with one attached hydrogen (secondary N) is 2. The normalized spacial score (nSPS) is 15.7.